The van der Waals surface area contributed by atoms with Crippen LogP contribution in [0.2, 0.25) is 0 Å². The molecule has 1 atom stereocenters. The molecule has 2 aromatic carbocycles. The monoisotopic (exact) mass is 322 g/mol. The summed E-state index contributed by atoms with van der Waals surface area (Å²) < 4.78 is 7.45. The van der Waals surface area contributed by atoms with Crippen molar-refractivity contribution >= 4 is 16.9 Å². The van der Waals surface area contributed by atoms with Gasteiger partial charge in [-0.25, -0.2) is 4.68 Å². The van der Waals surface area contributed by atoms with Gasteiger partial charge in [0.25, 0.3) is 5.91 Å². The molecular weight excluding hydrogens is 304 g/mol. The number of hydrogen-bond donors (Lipinski definition) is 1. The van der Waals surface area contributed by atoms with Gasteiger partial charge >= 0.3 is 0 Å². The number of benzene rings is 2. The van der Waals surface area contributed by atoms with E-state index in [9.17, 15) is 4.79 Å². The predicted octanol–water partition coefficient (Wildman–Crippen LogP) is 2.70. The lowest BCUT2D eigenvalue weighted by molar-refractivity contribution is 0.0925. The number of nitrogens with zero attached hydrogens (tertiary/aromatic N) is 3. The number of hydrogen-bond acceptors (Lipinski definition) is 4. The first-order valence-electron chi connectivity index (χ1n) is 8.12. The van der Waals surface area contributed by atoms with Crippen molar-refractivity contribution in [3.05, 3.63) is 53.6 Å². The molecule has 4 rings (SSSR count). The summed E-state index contributed by atoms with van der Waals surface area (Å²) in [5.74, 6) is 0.736. The normalized spacial score (nSPS) is 16.5. The molecule has 3 aromatic rings. The predicted molar refractivity (Wildman–Crippen MR) is 90.0 cm³/mol. The van der Waals surface area contributed by atoms with Crippen LogP contribution in [-0.4, -0.2) is 27.5 Å². The van der Waals surface area contributed by atoms with Gasteiger partial charge in [-0.05, 0) is 31.2 Å². The third-order valence-corrected chi connectivity index (χ3v) is 4.34. The summed E-state index contributed by atoms with van der Waals surface area (Å²) >= 11 is 0. The lowest BCUT2D eigenvalue weighted by atomic mass is 10.00. The molecule has 0 aliphatic carbocycles. The van der Waals surface area contributed by atoms with Gasteiger partial charge in [0, 0.05) is 24.1 Å². The van der Waals surface area contributed by atoms with E-state index in [1.165, 1.54) is 0 Å². The fraction of sp³-hybridized carbons (Fsp3) is 0.278. The minimum Gasteiger partial charge on any atom is -0.493 e. The van der Waals surface area contributed by atoms with Gasteiger partial charge in [0.2, 0.25) is 0 Å². The molecule has 0 bridgehead atoms. The maximum Gasteiger partial charge on any atom is 0.251 e. The van der Waals surface area contributed by atoms with Crippen LogP contribution in [0.4, 0.5) is 0 Å². The molecule has 6 heteroatoms. The topological polar surface area (TPSA) is 69.0 Å². The summed E-state index contributed by atoms with van der Waals surface area (Å²) in [6.45, 7) is 3.37. The van der Waals surface area contributed by atoms with Gasteiger partial charge in [0.05, 0.1) is 18.2 Å². The fourth-order valence-electron chi connectivity index (χ4n) is 3.08. The highest BCUT2D eigenvalue weighted by Crippen LogP contribution is 2.31. The third-order valence-electron chi connectivity index (χ3n) is 4.34. The highest BCUT2D eigenvalue weighted by atomic mass is 16.5. The molecule has 2 heterocycles. The van der Waals surface area contributed by atoms with Gasteiger partial charge in [-0.1, -0.05) is 23.4 Å². The van der Waals surface area contributed by atoms with Crippen molar-refractivity contribution in [2.75, 3.05) is 6.61 Å². The van der Waals surface area contributed by atoms with Crippen molar-refractivity contribution in [2.24, 2.45) is 0 Å². The van der Waals surface area contributed by atoms with Crippen LogP contribution >= 0.6 is 0 Å². The lowest BCUT2D eigenvalue weighted by Gasteiger charge is -2.26. The molecule has 1 amide bonds. The number of carbonyl (C=O) groups excluding carboxylic acids is 1. The molecule has 0 saturated heterocycles. The number of fused-ring (bicyclic) bond motifs is 2. The van der Waals surface area contributed by atoms with E-state index in [0.29, 0.717) is 12.2 Å². The SMILES string of the molecule is CCn1nnc2cc(C(=O)N[C@@H]3CCOc4ccccc43)ccc21. The van der Waals surface area contributed by atoms with E-state index in [1.807, 2.05) is 48.0 Å². The second kappa shape index (κ2) is 5.96. The molecule has 0 fully saturated rings. The molecule has 0 spiro atoms. The third kappa shape index (κ3) is 2.50. The first kappa shape index (κ1) is 14.7. The van der Waals surface area contributed by atoms with Crippen LogP contribution in [0, 0.1) is 0 Å². The minimum absolute atomic E-state index is 0.0375. The van der Waals surface area contributed by atoms with Gasteiger partial charge in [0.15, 0.2) is 0 Å². The number of para-hydroxylation sites is 1. The van der Waals surface area contributed by atoms with Crippen molar-refractivity contribution < 1.29 is 9.53 Å². The van der Waals surface area contributed by atoms with Crippen LogP contribution < -0.4 is 10.1 Å². The fourth-order valence-corrected chi connectivity index (χ4v) is 3.08. The zero-order valence-electron chi connectivity index (χ0n) is 13.4. The Morgan fingerprint density at radius 2 is 2.21 bits per heavy atom. The zero-order chi connectivity index (χ0) is 16.5. The Labute approximate surface area is 139 Å². The largest absolute Gasteiger partial charge is 0.493 e. The summed E-state index contributed by atoms with van der Waals surface area (Å²) in [5.41, 5.74) is 3.28. The Kier molecular flexibility index (Phi) is 3.65. The lowest BCUT2D eigenvalue weighted by Crippen LogP contribution is -2.32. The van der Waals surface area contributed by atoms with Crippen molar-refractivity contribution in [1.29, 1.82) is 0 Å². The van der Waals surface area contributed by atoms with Gasteiger partial charge in [-0.15, -0.1) is 5.10 Å². The number of ether oxygens (including phenoxy) is 1. The van der Waals surface area contributed by atoms with Crippen LogP contribution in [0.1, 0.15) is 35.3 Å². The van der Waals surface area contributed by atoms with E-state index in [4.69, 9.17) is 4.74 Å². The zero-order valence-corrected chi connectivity index (χ0v) is 13.4. The van der Waals surface area contributed by atoms with Gasteiger partial charge in [-0.3, -0.25) is 4.79 Å². The summed E-state index contributed by atoms with van der Waals surface area (Å²) in [6, 6.07) is 13.3. The average Bonchev–Trinajstić information content (AvgIpc) is 3.04. The van der Waals surface area contributed by atoms with E-state index in [1.54, 1.807) is 6.07 Å². The van der Waals surface area contributed by atoms with E-state index in [-0.39, 0.29) is 11.9 Å². The first-order chi connectivity index (χ1) is 11.8. The molecule has 0 saturated carbocycles. The molecule has 1 aliphatic heterocycles. The Bertz CT molecular complexity index is 903. The van der Waals surface area contributed by atoms with Crippen LogP contribution in [0.15, 0.2) is 42.5 Å². The van der Waals surface area contributed by atoms with E-state index in [2.05, 4.69) is 15.6 Å². The van der Waals surface area contributed by atoms with Gasteiger partial charge in [-0.2, -0.15) is 0 Å². The van der Waals surface area contributed by atoms with Crippen LogP contribution in [-0.2, 0) is 6.54 Å². The van der Waals surface area contributed by atoms with Gasteiger partial charge in [0.1, 0.15) is 11.3 Å². The maximum atomic E-state index is 12.6. The van der Waals surface area contributed by atoms with Crippen molar-refractivity contribution in [2.45, 2.75) is 25.9 Å². The summed E-state index contributed by atoms with van der Waals surface area (Å²) in [4.78, 5) is 12.6. The Morgan fingerprint density at radius 1 is 1.33 bits per heavy atom. The van der Waals surface area contributed by atoms with Crippen molar-refractivity contribution in [3.63, 3.8) is 0 Å². The highest BCUT2D eigenvalue weighted by molar-refractivity contribution is 5.97. The number of aromatic nitrogens is 3. The molecular formula is C18H18N4O2. The van der Waals surface area contributed by atoms with Crippen molar-refractivity contribution in [1.82, 2.24) is 20.3 Å². The van der Waals surface area contributed by atoms with E-state index >= 15 is 0 Å². The van der Waals surface area contributed by atoms with Crippen LogP contribution in [0.25, 0.3) is 11.0 Å². The van der Waals surface area contributed by atoms with Crippen LogP contribution in [0.3, 0.4) is 0 Å². The second-order valence-corrected chi connectivity index (χ2v) is 5.81. The number of carbonyl (C=O) groups is 1. The molecule has 24 heavy (non-hydrogen) atoms. The van der Waals surface area contributed by atoms with E-state index in [0.717, 1.165) is 35.3 Å². The minimum atomic E-state index is -0.107. The molecule has 0 radical (unpaired) electrons. The summed E-state index contributed by atoms with van der Waals surface area (Å²) in [5, 5.41) is 11.3. The van der Waals surface area contributed by atoms with Gasteiger partial charge < -0.3 is 10.1 Å². The second-order valence-electron chi connectivity index (χ2n) is 5.81. The Hall–Kier alpha value is -2.89. The smallest absolute Gasteiger partial charge is 0.251 e. The Balaban J connectivity index is 1.59. The molecule has 122 valence electrons. The standard InChI is InChI=1S/C18H18N4O2/c1-2-22-16-8-7-12(11-15(16)20-21-22)18(23)19-14-9-10-24-17-6-4-3-5-13(14)17/h3-8,11,14H,2,9-10H2,1H3,(H,19,23)/t14-/m1/s1. The Morgan fingerprint density at radius 3 is 3.08 bits per heavy atom. The quantitative estimate of drug-likeness (QED) is 0.805. The van der Waals surface area contributed by atoms with Crippen molar-refractivity contribution in [3.8, 4) is 5.75 Å². The molecule has 6 nitrogen and oxygen atoms in total. The number of nitrogens with one attached hydrogen (secondary N) is 1. The van der Waals surface area contributed by atoms with E-state index < -0.39 is 0 Å². The number of aryl methyl sites for hydroxylation is 1. The summed E-state index contributed by atoms with van der Waals surface area (Å²) in [6.07, 6.45) is 0.761. The first-order valence-corrected chi connectivity index (χ1v) is 8.12. The number of rotatable bonds is 3. The molecule has 1 aromatic heterocycles. The van der Waals surface area contributed by atoms with Crippen LogP contribution in [0.5, 0.6) is 5.75 Å². The summed E-state index contributed by atoms with van der Waals surface area (Å²) in [7, 11) is 0. The average molecular weight is 322 g/mol. The maximum absolute atomic E-state index is 12.6. The molecule has 0 unspecified atom stereocenters. The highest BCUT2D eigenvalue weighted by Gasteiger charge is 2.23. The number of amides is 1. The molecule has 1 aliphatic rings. The molecule has 1 N–H and O–H groups in total.